The van der Waals surface area contributed by atoms with Crippen molar-refractivity contribution in [2.75, 3.05) is 19.6 Å². The molecule has 7 amide bonds. The maximum absolute atomic E-state index is 15.4. The van der Waals surface area contributed by atoms with Crippen LogP contribution in [0.3, 0.4) is 0 Å². The van der Waals surface area contributed by atoms with Gasteiger partial charge in [-0.2, -0.15) is 0 Å². The molecule has 0 spiro atoms. The van der Waals surface area contributed by atoms with Gasteiger partial charge in [-0.15, -0.1) is 0 Å². The summed E-state index contributed by atoms with van der Waals surface area (Å²) >= 11 is 0. The van der Waals surface area contributed by atoms with Crippen LogP contribution < -0.4 is 32.1 Å². The zero-order chi connectivity index (χ0) is 58.3. The number of carbonyl (C=O) groups excluding carboxylic acids is 10. The maximum atomic E-state index is 15.4. The summed E-state index contributed by atoms with van der Waals surface area (Å²) < 4.78 is 22.1. The summed E-state index contributed by atoms with van der Waals surface area (Å²) in [6, 6.07) is 8.69. The molecule has 0 bridgehead atoms. The standard InChI is InChI=1S/C57H61FN8O15/c1-3-57(80)36-25-42-53-34(28-65(42)55(78)35(36)29-81-56(57)79)52-38(13-12-33-30(2)37(58)26-40(64-53)51(33)52)62-46(71)10-7-22-59-44(69)17-15-43(68)39(24-31-8-5-4-6-9-31)63-47(72)16-11-32(67)27-61-45(70)21-23-60-54(77)41(14-20-50(75)76)66-48(73)18-19-49(66)74/h4-6,8-9,18-19,25-26,38-39,41,80H,3,7,10-17,20-24,27-29H2,1-2H3,(H,59,69)(H,60,77)(H,61,70)(H,62,71)(H,63,72)(H,75,76)/t38-,39-,41-,57-/m0/s1. The predicted molar refractivity (Wildman–Crippen MR) is 284 cm³/mol. The third kappa shape index (κ3) is 13.0. The van der Waals surface area contributed by atoms with E-state index in [0.717, 1.165) is 23.3 Å². The van der Waals surface area contributed by atoms with Gasteiger partial charge >= 0.3 is 11.9 Å². The number of carbonyl (C=O) groups is 11. The van der Waals surface area contributed by atoms with Gasteiger partial charge in [0.1, 0.15) is 18.5 Å². The summed E-state index contributed by atoms with van der Waals surface area (Å²) in [5.41, 5.74) is 2.08. The number of carboxylic acid groups (broad SMARTS) is 1. The number of cyclic esters (lactones) is 1. The minimum atomic E-state index is -2.05. The van der Waals surface area contributed by atoms with Crippen molar-refractivity contribution in [3.05, 3.63) is 110 Å². The highest BCUT2D eigenvalue weighted by molar-refractivity contribution is 6.15. The fourth-order valence-electron chi connectivity index (χ4n) is 10.7. The summed E-state index contributed by atoms with van der Waals surface area (Å²) in [4.78, 5) is 159. The van der Waals surface area contributed by atoms with Crippen molar-refractivity contribution in [3.63, 3.8) is 0 Å². The number of hydrogen-bond donors (Lipinski definition) is 7. The molecule has 0 fully saturated rings. The molecule has 0 radical (unpaired) electrons. The molecule has 0 unspecified atom stereocenters. The number of aliphatic carboxylic acids is 1. The van der Waals surface area contributed by atoms with E-state index in [1.165, 1.54) is 10.6 Å². The van der Waals surface area contributed by atoms with Gasteiger partial charge in [-0.25, -0.2) is 14.2 Å². The van der Waals surface area contributed by atoms with E-state index in [2.05, 4.69) is 26.6 Å². The van der Waals surface area contributed by atoms with Crippen molar-refractivity contribution in [2.24, 2.45) is 0 Å². The Kier molecular flexibility index (Phi) is 18.1. The number of ketones is 2. The number of aliphatic hydroxyl groups is 1. The number of nitrogens with one attached hydrogen (secondary N) is 5. The Labute approximate surface area is 462 Å². The summed E-state index contributed by atoms with van der Waals surface area (Å²) in [6.07, 6.45) is 0.749. The van der Waals surface area contributed by atoms with E-state index in [-0.39, 0.29) is 107 Å². The molecule has 0 saturated carbocycles. The number of benzene rings is 2. The Morgan fingerprint density at radius 1 is 0.827 bits per heavy atom. The van der Waals surface area contributed by atoms with Crippen molar-refractivity contribution in [1.82, 2.24) is 41.0 Å². The number of Topliss-reactive ketones (excluding diaryl/α,β-unsaturated/α-hetero) is 2. The number of aromatic nitrogens is 2. The van der Waals surface area contributed by atoms with Gasteiger partial charge in [0.15, 0.2) is 17.2 Å². The van der Waals surface area contributed by atoms with Crippen LogP contribution in [0.5, 0.6) is 0 Å². The van der Waals surface area contributed by atoms with Crippen LogP contribution in [-0.4, -0.2) is 121 Å². The lowest BCUT2D eigenvalue weighted by molar-refractivity contribution is -0.172. The first-order chi connectivity index (χ1) is 38.7. The zero-order valence-electron chi connectivity index (χ0n) is 44.6. The highest BCUT2D eigenvalue weighted by Gasteiger charge is 2.46. The number of aryl methyl sites for hydroxylation is 1. The second kappa shape index (κ2) is 25.1. The number of hydrogen-bond acceptors (Lipinski definition) is 15. The third-order valence-electron chi connectivity index (χ3n) is 15.1. The molecule has 7 N–H and O–H groups in total. The average molecular weight is 1120 g/mol. The van der Waals surface area contributed by atoms with Gasteiger partial charge in [-0.05, 0) is 73.8 Å². The molecule has 1 aliphatic carbocycles. The second-order valence-electron chi connectivity index (χ2n) is 20.4. The van der Waals surface area contributed by atoms with Crippen LogP contribution in [0.1, 0.15) is 123 Å². The molecule has 81 heavy (non-hydrogen) atoms. The monoisotopic (exact) mass is 1120 g/mol. The number of amides is 7. The summed E-state index contributed by atoms with van der Waals surface area (Å²) in [5.74, 6) is -8.03. The van der Waals surface area contributed by atoms with Crippen molar-refractivity contribution in [3.8, 4) is 11.4 Å². The Balaban J connectivity index is 0.796. The topological polar surface area (TPSA) is 336 Å². The predicted octanol–water partition coefficient (Wildman–Crippen LogP) is 1.73. The molecule has 3 aliphatic heterocycles. The third-order valence-corrected chi connectivity index (χ3v) is 15.1. The number of carboxylic acids is 1. The molecule has 8 rings (SSSR count). The van der Waals surface area contributed by atoms with Crippen LogP contribution in [0.25, 0.3) is 22.3 Å². The highest BCUT2D eigenvalue weighted by atomic mass is 19.1. The van der Waals surface area contributed by atoms with Crippen LogP contribution >= 0.6 is 0 Å². The molecule has 24 heteroatoms. The van der Waals surface area contributed by atoms with Crippen molar-refractivity contribution >= 4 is 75.8 Å². The molecule has 4 aromatic rings. The zero-order valence-corrected chi connectivity index (χ0v) is 44.6. The van der Waals surface area contributed by atoms with E-state index >= 15 is 4.39 Å². The Bertz CT molecular complexity index is 3360. The van der Waals surface area contributed by atoms with E-state index in [9.17, 15) is 62.6 Å². The molecule has 2 aromatic carbocycles. The first-order valence-corrected chi connectivity index (χ1v) is 26.8. The number of nitrogens with zero attached hydrogens (tertiary/aromatic N) is 3. The molecule has 4 atom stereocenters. The van der Waals surface area contributed by atoms with Gasteiger partial charge in [-0.1, -0.05) is 37.3 Å². The largest absolute Gasteiger partial charge is 0.481 e. The summed E-state index contributed by atoms with van der Waals surface area (Å²) in [7, 11) is 0. The molecular formula is C57H61FN8O15. The van der Waals surface area contributed by atoms with E-state index < -0.39 is 107 Å². The van der Waals surface area contributed by atoms with Crippen LogP contribution in [0.4, 0.5) is 4.39 Å². The number of ether oxygens (including phenoxy) is 1. The number of imide groups is 1. The first kappa shape index (κ1) is 58.4. The minimum Gasteiger partial charge on any atom is -0.481 e. The number of rotatable bonds is 26. The van der Waals surface area contributed by atoms with E-state index in [0.29, 0.717) is 56.7 Å². The van der Waals surface area contributed by atoms with Gasteiger partial charge in [0.25, 0.3) is 17.4 Å². The fourth-order valence-corrected chi connectivity index (χ4v) is 10.7. The van der Waals surface area contributed by atoms with Crippen molar-refractivity contribution in [2.45, 2.75) is 134 Å². The number of halogens is 1. The first-order valence-electron chi connectivity index (χ1n) is 26.8. The lowest BCUT2D eigenvalue weighted by Crippen LogP contribution is -2.50. The van der Waals surface area contributed by atoms with E-state index in [1.54, 1.807) is 50.2 Å². The molecular weight excluding hydrogens is 1060 g/mol. The second-order valence-corrected chi connectivity index (χ2v) is 20.4. The van der Waals surface area contributed by atoms with Crippen LogP contribution in [0, 0.1) is 12.7 Å². The van der Waals surface area contributed by atoms with Gasteiger partial charge in [0.05, 0.1) is 47.6 Å². The lowest BCUT2D eigenvalue weighted by atomic mass is 9.81. The van der Waals surface area contributed by atoms with Crippen LogP contribution in [-0.2, 0) is 89.1 Å². The molecule has 4 aliphatic rings. The molecule has 5 heterocycles. The Hall–Kier alpha value is -8.80. The smallest absolute Gasteiger partial charge is 0.343 e. The molecule has 0 saturated heterocycles. The minimum absolute atomic E-state index is 0.00341. The van der Waals surface area contributed by atoms with Gasteiger partial charge in [0.2, 0.25) is 29.5 Å². The fraction of sp³-hybridized carbons (Fsp3) is 0.421. The summed E-state index contributed by atoms with van der Waals surface area (Å²) in [5, 5.41) is 34.4. The highest BCUT2D eigenvalue weighted by Crippen LogP contribution is 2.46. The summed E-state index contributed by atoms with van der Waals surface area (Å²) in [6.45, 7) is 2.41. The van der Waals surface area contributed by atoms with E-state index in [1.807, 2.05) is 0 Å². The number of esters is 1. The molecule has 2 aromatic heterocycles. The van der Waals surface area contributed by atoms with Gasteiger partial charge in [0, 0.05) is 92.8 Å². The van der Waals surface area contributed by atoms with E-state index in [4.69, 9.17) is 14.8 Å². The maximum Gasteiger partial charge on any atom is 0.343 e. The van der Waals surface area contributed by atoms with Crippen LogP contribution in [0.2, 0.25) is 0 Å². The molecule has 426 valence electrons. The number of fused-ring (bicyclic) bond motifs is 5. The van der Waals surface area contributed by atoms with Crippen molar-refractivity contribution in [1.29, 1.82) is 0 Å². The SMILES string of the molecule is CC[C@@]1(O)C(=O)OCc2c1cc1n(c2=O)Cc2c-1nc1cc(F)c(C)c3c1c2[C@@H](NC(=O)CCCNC(=O)CCC(=O)[C@H](Cc1ccccc1)NC(=O)CCC(=O)CNC(=O)CCNC(=O)[C@H](CCC(=O)O)N1C(=O)C=CC1=O)CC3. The normalized spacial score (nSPS) is 17.3. The average Bonchev–Trinajstić information content (AvgIpc) is 2.44. The van der Waals surface area contributed by atoms with Crippen molar-refractivity contribution < 1.29 is 72.1 Å². The quantitative estimate of drug-likeness (QED) is 0.0236. The van der Waals surface area contributed by atoms with Gasteiger partial charge < -0.3 is 46.1 Å². The Morgan fingerprint density at radius 3 is 2.26 bits per heavy atom. The van der Waals surface area contributed by atoms with Gasteiger partial charge in [-0.3, -0.25) is 57.6 Å². The Morgan fingerprint density at radius 2 is 1.54 bits per heavy atom. The molecule has 23 nitrogen and oxygen atoms in total. The lowest BCUT2D eigenvalue weighted by Gasteiger charge is -2.31. The number of pyridine rings is 2. The van der Waals surface area contributed by atoms with Crippen LogP contribution in [0.15, 0.2) is 59.4 Å².